The Labute approximate surface area is 83.4 Å². The van der Waals surface area contributed by atoms with Gasteiger partial charge in [0.1, 0.15) is 5.69 Å². The molecule has 0 amide bonds. The van der Waals surface area contributed by atoms with Crippen molar-refractivity contribution in [2.24, 2.45) is 10.9 Å². The number of hydrogen-bond donors (Lipinski definition) is 2. The molecule has 0 unspecified atom stereocenters. The maximum atomic E-state index is 11.8. The summed E-state index contributed by atoms with van der Waals surface area (Å²) < 4.78 is 28.1. The first kappa shape index (κ1) is 11.1. The molecule has 82 valence electrons. The SMILES string of the molecule is N/C(=N/O)c1ccnc(OCC(F)F)n1. The van der Waals surface area contributed by atoms with Crippen LogP contribution >= 0.6 is 0 Å². The summed E-state index contributed by atoms with van der Waals surface area (Å²) in [5.74, 6) is -0.251. The van der Waals surface area contributed by atoms with Crippen LogP contribution in [0.15, 0.2) is 17.4 Å². The zero-order chi connectivity index (χ0) is 11.3. The van der Waals surface area contributed by atoms with Crippen molar-refractivity contribution >= 4 is 5.84 Å². The number of nitrogens with zero attached hydrogens (tertiary/aromatic N) is 3. The second-order valence-electron chi connectivity index (χ2n) is 2.41. The molecule has 1 aromatic heterocycles. The standard InChI is InChI=1S/C7H8F2N4O2/c8-5(9)3-15-7-11-2-1-4(12-7)6(10)13-14/h1-2,5,14H,3H2,(H2,10,13). The van der Waals surface area contributed by atoms with E-state index < -0.39 is 13.0 Å². The molecule has 0 saturated carbocycles. The Balaban J connectivity index is 2.74. The first-order chi connectivity index (χ1) is 7.13. The Kier molecular flexibility index (Phi) is 3.72. The second-order valence-corrected chi connectivity index (χ2v) is 2.41. The van der Waals surface area contributed by atoms with Gasteiger partial charge in [0.05, 0.1) is 0 Å². The number of rotatable bonds is 4. The van der Waals surface area contributed by atoms with E-state index >= 15 is 0 Å². The van der Waals surface area contributed by atoms with Crippen LogP contribution in [-0.4, -0.2) is 34.0 Å². The highest BCUT2D eigenvalue weighted by Gasteiger charge is 2.07. The zero-order valence-corrected chi connectivity index (χ0v) is 7.47. The Morgan fingerprint density at radius 3 is 3.00 bits per heavy atom. The van der Waals surface area contributed by atoms with Gasteiger partial charge < -0.3 is 15.7 Å². The summed E-state index contributed by atoms with van der Waals surface area (Å²) >= 11 is 0. The van der Waals surface area contributed by atoms with E-state index in [0.29, 0.717) is 0 Å². The van der Waals surface area contributed by atoms with Gasteiger partial charge in [-0.15, -0.1) is 0 Å². The van der Waals surface area contributed by atoms with Crippen LogP contribution in [0.1, 0.15) is 5.69 Å². The lowest BCUT2D eigenvalue weighted by molar-refractivity contribution is 0.0770. The predicted octanol–water partition coefficient (Wildman–Crippen LogP) is 0.215. The summed E-state index contributed by atoms with van der Waals surface area (Å²) in [6.07, 6.45) is -1.36. The highest BCUT2D eigenvalue weighted by molar-refractivity contribution is 5.95. The molecule has 0 saturated heterocycles. The first-order valence-corrected chi connectivity index (χ1v) is 3.85. The van der Waals surface area contributed by atoms with E-state index in [0.717, 1.165) is 0 Å². The number of ether oxygens (including phenoxy) is 1. The molecule has 0 radical (unpaired) electrons. The average molecular weight is 218 g/mol. The molecule has 0 bridgehead atoms. The van der Waals surface area contributed by atoms with Crippen molar-refractivity contribution in [2.75, 3.05) is 6.61 Å². The van der Waals surface area contributed by atoms with Gasteiger partial charge in [-0.2, -0.15) is 4.98 Å². The quantitative estimate of drug-likeness (QED) is 0.326. The van der Waals surface area contributed by atoms with Crippen molar-refractivity contribution in [3.63, 3.8) is 0 Å². The topological polar surface area (TPSA) is 93.6 Å². The van der Waals surface area contributed by atoms with Crippen LogP contribution < -0.4 is 10.5 Å². The molecule has 0 aliphatic rings. The Hall–Kier alpha value is -1.99. The van der Waals surface area contributed by atoms with E-state index in [9.17, 15) is 8.78 Å². The highest BCUT2D eigenvalue weighted by Crippen LogP contribution is 2.04. The second kappa shape index (κ2) is 5.03. The number of hydrogen-bond acceptors (Lipinski definition) is 5. The summed E-state index contributed by atoms with van der Waals surface area (Å²) in [6.45, 7) is -0.806. The van der Waals surface area contributed by atoms with Gasteiger partial charge in [0.15, 0.2) is 12.4 Å². The van der Waals surface area contributed by atoms with Crippen LogP contribution in [0.3, 0.4) is 0 Å². The molecule has 0 spiro atoms. The van der Waals surface area contributed by atoms with E-state index in [4.69, 9.17) is 10.9 Å². The van der Waals surface area contributed by atoms with E-state index in [1.54, 1.807) is 0 Å². The molecular formula is C7H8F2N4O2. The first-order valence-electron chi connectivity index (χ1n) is 3.85. The van der Waals surface area contributed by atoms with Gasteiger partial charge in [-0.05, 0) is 6.07 Å². The summed E-state index contributed by atoms with van der Waals surface area (Å²) in [4.78, 5) is 7.20. The molecule has 1 aromatic rings. The summed E-state index contributed by atoms with van der Waals surface area (Å²) in [5.41, 5.74) is 5.32. The normalized spacial score (nSPS) is 11.8. The summed E-state index contributed by atoms with van der Waals surface area (Å²) in [5, 5.41) is 11.0. The number of nitrogens with two attached hydrogens (primary N) is 1. The van der Waals surface area contributed by atoms with Gasteiger partial charge in [-0.3, -0.25) is 0 Å². The zero-order valence-electron chi connectivity index (χ0n) is 7.47. The van der Waals surface area contributed by atoms with E-state index in [1.807, 2.05) is 0 Å². The van der Waals surface area contributed by atoms with Gasteiger partial charge in [0, 0.05) is 6.20 Å². The predicted molar refractivity (Wildman–Crippen MR) is 46.0 cm³/mol. The monoisotopic (exact) mass is 218 g/mol. The van der Waals surface area contributed by atoms with Crippen LogP contribution in [0.4, 0.5) is 8.78 Å². The number of halogens is 2. The molecule has 1 heterocycles. The van der Waals surface area contributed by atoms with Gasteiger partial charge in [0.2, 0.25) is 0 Å². The minimum absolute atomic E-state index is 0.0942. The Morgan fingerprint density at radius 2 is 2.40 bits per heavy atom. The third-order valence-electron chi connectivity index (χ3n) is 1.34. The van der Waals surface area contributed by atoms with Crippen LogP contribution in [0.2, 0.25) is 0 Å². The largest absolute Gasteiger partial charge is 0.457 e. The molecule has 15 heavy (non-hydrogen) atoms. The molecule has 8 heteroatoms. The molecule has 0 atom stereocenters. The maximum absolute atomic E-state index is 11.8. The fourth-order valence-electron chi connectivity index (χ4n) is 0.742. The van der Waals surface area contributed by atoms with Crippen molar-refractivity contribution in [1.29, 1.82) is 0 Å². The molecule has 3 N–H and O–H groups in total. The number of oxime groups is 1. The van der Waals surface area contributed by atoms with Gasteiger partial charge in [-0.1, -0.05) is 5.16 Å². The van der Waals surface area contributed by atoms with Gasteiger partial charge in [-0.25, -0.2) is 13.8 Å². The number of alkyl halides is 2. The minimum Gasteiger partial charge on any atom is -0.457 e. The third-order valence-corrected chi connectivity index (χ3v) is 1.34. The van der Waals surface area contributed by atoms with Crippen molar-refractivity contribution < 1.29 is 18.7 Å². The smallest absolute Gasteiger partial charge is 0.317 e. The lowest BCUT2D eigenvalue weighted by Crippen LogP contribution is -2.16. The van der Waals surface area contributed by atoms with E-state index in [1.165, 1.54) is 12.3 Å². The van der Waals surface area contributed by atoms with Crippen LogP contribution in [-0.2, 0) is 0 Å². The minimum atomic E-state index is -2.61. The molecule has 0 aliphatic carbocycles. The van der Waals surface area contributed by atoms with Crippen LogP contribution in [0.5, 0.6) is 6.01 Å². The van der Waals surface area contributed by atoms with Gasteiger partial charge >= 0.3 is 6.01 Å². The summed E-state index contributed by atoms with van der Waals surface area (Å²) in [7, 11) is 0. The van der Waals surface area contributed by atoms with Gasteiger partial charge in [0.25, 0.3) is 6.43 Å². The van der Waals surface area contributed by atoms with Crippen molar-refractivity contribution in [3.8, 4) is 6.01 Å². The Bertz CT molecular complexity index is 359. The third kappa shape index (κ3) is 3.33. The molecule has 6 nitrogen and oxygen atoms in total. The molecule has 1 rings (SSSR count). The maximum Gasteiger partial charge on any atom is 0.317 e. The number of amidine groups is 1. The lowest BCUT2D eigenvalue weighted by atomic mass is 10.4. The van der Waals surface area contributed by atoms with Crippen molar-refractivity contribution in [3.05, 3.63) is 18.0 Å². The van der Waals surface area contributed by atoms with Crippen LogP contribution in [0.25, 0.3) is 0 Å². The average Bonchev–Trinajstić information content (AvgIpc) is 2.25. The van der Waals surface area contributed by atoms with Crippen molar-refractivity contribution in [1.82, 2.24) is 9.97 Å². The van der Waals surface area contributed by atoms with E-state index in [-0.39, 0.29) is 17.5 Å². The Morgan fingerprint density at radius 1 is 1.67 bits per heavy atom. The van der Waals surface area contributed by atoms with E-state index in [2.05, 4.69) is 19.9 Å². The molecular weight excluding hydrogens is 210 g/mol. The highest BCUT2D eigenvalue weighted by atomic mass is 19.3. The number of aromatic nitrogens is 2. The molecule has 0 aliphatic heterocycles. The van der Waals surface area contributed by atoms with Crippen LogP contribution in [0, 0.1) is 0 Å². The molecule has 0 fully saturated rings. The fraction of sp³-hybridized carbons (Fsp3) is 0.286. The summed E-state index contributed by atoms with van der Waals surface area (Å²) in [6, 6.07) is 1.10. The molecule has 0 aromatic carbocycles. The van der Waals surface area contributed by atoms with Crippen molar-refractivity contribution in [2.45, 2.75) is 6.43 Å². The fourth-order valence-corrected chi connectivity index (χ4v) is 0.742. The lowest BCUT2D eigenvalue weighted by Gasteiger charge is -2.03.